The Morgan fingerprint density at radius 1 is 1.08 bits per heavy atom. The number of hydrogen-bond acceptors (Lipinski definition) is 8. The minimum absolute atomic E-state index is 0.00471. The Hall–Kier alpha value is -3.46. The molecule has 2 aromatic heterocycles. The van der Waals surface area contributed by atoms with E-state index in [9.17, 15) is 5.11 Å². The van der Waals surface area contributed by atoms with Crippen molar-refractivity contribution in [1.82, 2.24) is 19.6 Å². The normalized spacial score (nSPS) is 18.9. The third-order valence-electron chi connectivity index (χ3n) is 7.12. The van der Waals surface area contributed by atoms with Crippen LogP contribution in [-0.4, -0.2) is 39.0 Å². The van der Waals surface area contributed by atoms with Crippen LogP contribution in [0.2, 0.25) is 0 Å². The molecule has 2 aliphatic rings. The molecular weight excluding hydrogens is 470 g/mol. The molecule has 0 aliphatic carbocycles. The number of aliphatic imine (C=N–C) groups is 1. The lowest BCUT2D eigenvalue weighted by atomic mass is 9.79. The van der Waals surface area contributed by atoms with Crippen molar-refractivity contribution < 1.29 is 9.52 Å². The number of aryl methyl sites for hydroxylation is 2. The second-order valence-electron chi connectivity index (χ2n) is 9.26. The maximum absolute atomic E-state index is 10.2. The van der Waals surface area contributed by atoms with Gasteiger partial charge in [-0.1, -0.05) is 30.3 Å². The monoisotopic (exact) mass is 497 g/mol. The van der Waals surface area contributed by atoms with Gasteiger partial charge in [-0.2, -0.15) is 0 Å². The van der Waals surface area contributed by atoms with Crippen LogP contribution in [0.15, 0.2) is 80.9 Å². The first-order valence-corrected chi connectivity index (χ1v) is 12.8. The van der Waals surface area contributed by atoms with Gasteiger partial charge in [0.25, 0.3) is 0 Å². The maximum Gasteiger partial charge on any atom is 0.245 e. The van der Waals surface area contributed by atoms with Crippen molar-refractivity contribution in [3.63, 3.8) is 0 Å². The number of nitrogens with zero attached hydrogens (tertiary/aromatic N) is 4. The second-order valence-corrected chi connectivity index (χ2v) is 10.1. The molecule has 36 heavy (non-hydrogen) atoms. The molecule has 0 saturated carbocycles. The van der Waals surface area contributed by atoms with Gasteiger partial charge in [0.15, 0.2) is 0 Å². The third kappa shape index (κ3) is 3.48. The van der Waals surface area contributed by atoms with Gasteiger partial charge in [0.2, 0.25) is 5.71 Å². The number of fused-ring (bicyclic) bond motifs is 5. The number of aromatic nitrogens is 2. The van der Waals surface area contributed by atoms with Crippen LogP contribution in [0.25, 0.3) is 16.9 Å². The van der Waals surface area contributed by atoms with Crippen molar-refractivity contribution in [1.29, 1.82) is 0 Å². The summed E-state index contributed by atoms with van der Waals surface area (Å²) in [6, 6.07) is 16.7. The number of nitrogens with one attached hydrogen (secondary N) is 1. The van der Waals surface area contributed by atoms with Crippen molar-refractivity contribution in [3.8, 4) is 0 Å². The molecule has 0 radical (unpaired) electrons. The molecule has 0 spiro atoms. The quantitative estimate of drug-likeness (QED) is 0.363. The van der Waals surface area contributed by atoms with Gasteiger partial charge in [-0.05, 0) is 67.1 Å². The average molecular weight is 498 g/mol. The van der Waals surface area contributed by atoms with E-state index in [4.69, 9.17) is 14.4 Å². The number of aliphatic hydroxyl groups is 1. The van der Waals surface area contributed by atoms with Crippen molar-refractivity contribution in [2.45, 2.75) is 37.8 Å². The van der Waals surface area contributed by atoms with E-state index in [1.807, 2.05) is 6.07 Å². The SMILES string of the molecule is CC1=C(c2c(C)cccc2C)N=C2NSc3cccc(c3)C21N(CCO)Cc1cnc2occc2n1. The zero-order valence-corrected chi connectivity index (χ0v) is 21.3. The van der Waals surface area contributed by atoms with Crippen LogP contribution in [0.1, 0.15) is 34.9 Å². The first kappa shape index (κ1) is 23.0. The minimum atomic E-state index is -0.695. The molecule has 6 rings (SSSR count). The number of amidine groups is 1. The van der Waals surface area contributed by atoms with Crippen LogP contribution in [0, 0.1) is 13.8 Å². The lowest BCUT2D eigenvalue weighted by Gasteiger charge is -2.42. The number of furan rings is 1. The molecule has 0 saturated heterocycles. The van der Waals surface area contributed by atoms with Crippen LogP contribution < -0.4 is 4.72 Å². The van der Waals surface area contributed by atoms with Crippen molar-refractivity contribution in [2.24, 2.45) is 4.99 Å². The molecule has 2 N–H and O–H groups in total. The Morgan fingerprint density at radius 3 is 2.69 bits per heavy atom. The minimum Gasteiger partial charge on any atom is -0.445 e. The molecular formula is C28H27N5O2S. The summed E-state index contributed by atoms with van der Waals surface area (Å²) < 4.78 is 8.96. The van der Waals surface area contributed by atoms with E-state index in [1.54, 1.807) is 24.4 Å². The van der Waals surface area contributed by atoms with E-state index in [2.05, 4.69) is 77.8 Å². The first-order chi connectivity index (χ1) is 17.5. The van der Waals surface area contributed by atoms with Crippen molar-refractivity contribution >= 4 is 34.7 Å². The molecule has 2 aromatic carbocycles. The number of aliphatic hydroxyl groups excluding tert-OH is 1. The lowest BCUT2D eigenvalue weighted by Crippen LogP contribution is -2.54. The van der Waals surface area contributed by atoms with Gasteiger partial charge in [-0.15, -0.1) is 0 Å². The van der Waals surface area contributed by atoms with Gasteiger partial charge in [0, 0.05) is 29.6 Å². The van der Waals surface area contributed by atoms with Gasteiger partial charge in [0.1, 0.15) is 16.9 Å². The van der Waals surface area contributed by atoms with Crippen LogP contribution >= 0.6 is 11.9 Å². The Bertz CT molecular complexity index is 1520. The molecule has 7 nitrogen and oxygen atoms in total. The molecule has 0 amide bonds. The summed E-state index contributed by atoms with van der Waals surface area (Å²) in [6.45, 7) is 7.33. The van der Waals surface area contributed by atoms with Gasteiger partial charge in [0.05, 0.1) is 30.5 Å². The van der Waals surface area contributed by atoms with Gasteiger partial charge in [-0.25, -0.2) is 15.0 Å². The van der Waals surface area contributed by atoms with Gasteiger partial charge < -0.3 is 14.2 Å². The highest BCUT2D eigenvalue weighted by Gasteiger charge is 2.51. The first-order valence-electron chi connectivity index (χ1n) is 12.0. The van der Waals surface area contributed by atoms with Crippen LogP contribution in [-0.2, 0) is 12.1 Å². The fraction of sp³-hybridized carbons (Fsp3) is 0.250. The highest BCUT2D eigenvalue weighted by atomic mass is 32.2. The number of rotatable bonds is 6. The summed E-state index contributed by atoms with van der Waals surface area (Å²) in [4.78, 5) is 17.9. The largest absolute Gasteiger partial charge is 0.445 e. The summed E-state index contributed by atoms with van der Waals surface area (Å²) in [7, 11) is 0. The van der Waals surface area contributed by atoms with Crippen LogP contribution in [0.5, 0.6) is 0 Å². The van der Waals surface area contributed by atoms with E-state index >= 15 is 0 Å². The van der Waals surface area contributed by atoms with Crippen molar-refractivity contribution in [3.05, 3.63) is 94.5 Å². The predicted octanol–water partition coefficient (Wildman–Crippen LogP) is 4.98. The van der Waals surface area contributed by atoms with Gasteiger partial charge >= 0.3 is 0 Å². The molecule has 8 heteroatoms. The predicted molar refractivity (Wildman–Crippen MR) is 142 cm³/mol. The van der Waals surface area contributed by atoms with E-state index in [1.165, 1.54) is 11.1 Å². The summed E-state index contributed by atoms with van der Waals surface area (Å²) in [5.41, 5.74) is 8.07. The molecule has 4 heterocycles. The van der Waals surface area contributed by atoms with Crippen LogP contribution in [0.4, 0.5) is 0 Å². The summed E-state index contributed by atoms with van der Waals surface area (Å²) in [5, 5.41) is 10.2. The zero-order valence-electron chi connectivity index (χ0n) is 20.4. The Balaban J connectivity index is 1.57. The third-order valence-corrected chi connectivity index (χ3v) is 7.90. The second kappa shape index (κ2) is 8.89. The molecule has 1 atom stereocenters. The maximum atomic E-state index is 10.2. The molecule has 1 unspecified atom stereocenters. The van der Waals surface area contributed by atoms with E-state index < -0.39 is 5.54 Å². The highest BCUT2D eigenvalue weighted by molar-refractivity contribution is 7.98. The van der Waals surface area contributed by atoms with E-state index in [-0.39, 0.29) is 6.61 Å². The number of hydrogen-bond donors (Lipinski definition) is 2. The highest BCUT2D eigenvalue weighted by Crippen LogP contribution is 2.49. The molecule has 4 aromatic rings. The smallest absolute Gasteiger partial charge is 0.245 e. The summed E-state index contributed by atoms with van der Waals surface area (Å²) >= 11 is 1.56. The zero-order chi connectivity index (χ0) is 24.9. The molecule has 182 valence electrons. The fourth-order valence-electron chi connectivity index (χ4n) is 5.52. The topological polar surface area (TPSA) is 86.8 Å². The Morgan fingerprint density at radius 2 is 1.89 bits per heavy atom. The van der Waals surface area contributed by atoms with Gasteiger partial charge in [-0.3, -0.25) is 4.90 Å². The lowest BCUT2D eigenvalue weighted by molar-refractivity contribution is 0.127. The number of benzene rings is 2. The Kier molecular flexibility index (Phi) is 5.67. The molecule has 0 fully saturated rings. The molecule has 2 aliphatic heterocycles. The van der Waals surface area contributed by atoms with E-state index in [0.717, 1.165) is 38.8 Å². The summed E-state index contributed by atoms with van der Waals surface area (Å²) in [5.74, 6) is 0.842. The average Bonchev–Trinajstić information content (AvgIpc) is 3.42. The van der Waals surface area contributed by atoms with Crippen LogP contribution in [0.3, 0.4) is 0 Å². The standard InChI is InChI=1S/C28H27N5O2S/c1-17-6-4-7-18(2)24(17)25-19(3)28(20-8-5-9-22(14-20)36-32-27(28)31-25)33(11-12-34)16-21-15-29-26-23(30-21)10-13-35-26/h4-10,13-15,34H,11-12,16H2,1-3H3,(H,31,32). The Labute approximate surface area is 214 Å². The fourth-order valence-corrected chi connectivity index (χ4v) is 6.26. The summed E-state index contributed by atoms with van der Waals surface area (Å²) in [6.07, 6.45) is 3.35. The van der Waals surface area contributed by atoms with Crippen molar-refractivity contribution in [2.75, 3.05) is 13.2 Å². The van der Waals surface area contributed by atoms with E-state index in [0.29, 0.717) is 24.3 Å². The molecule has 2 bridgehead atoms.